The van der Waals surface area contributed by atoms with Crippen LogP contribution >= 0.6 is 45.2 Å². The molecule has 0 fully saturated rings. The molecule has 0 saturated carbocycles. The molecule has 0 aliphatic heterocycles. The number of nitrogens with zero attached hydrogens (tertiary/aromatic N) is 1. The van der Waals surface area contributed by atoms with Crippen LogP contribution in [-0.2, 0) is 4.79 Å². The molecule has 0 radical (unpaired) electrons. The van der Waals surface area contributed by atoms with Crippen molar-refractivity contribution in [1.29, 1.82) is 0 Å². The van der Waals surface area contributed by atoms with Crippen LogP contribution < -0.4 is 9.64 Å². The molecule has 0 aliphatic rings. The van der Waals surface area contributed by atoms with Crippen LogP contribution in [0.2, 0.25) is 0 Å². The Morgan fingerprint density at radius 2 is 1.84 bits per heavy atom. The lowest BCUT2D eigenvalue weighted by Gasteiger charge is -2.35. The molecule has 0 aromatic heterocycles. The molecule has 0 heterocycles. The number of anilines is 1. The van der Waals surface area contributed by atoms with E-state index < -0.39 is 39.6 Å². The maximum atomic E-state index is 10.8. The number of hydrogen-bond acceptors (Lipinski definition) is 7. The van der Waals surface area contributed by atoms with E-state index in [1.54, 1.807) is 51.8 Å². The summed E-state index contributed by atoms with van der Waals surface area (Å²) in [4.78, 5) is 12.5. The van der Waals surface area contributed by atoms with E-state index in [2.05, 4.69) is 0 Å². The normalized spacial score (nSPS) is 15.9. The van der Waals surface area contributed by atoms with Crippen molar-refractivity contribution in [3.05, 3.63) is 24.3 Å². The van der Waals surface area contributed by atoms with E-state index in [0.717, 1.165) is 0 Å². The van der Waals surface area contributed by atoms with Crippen LogP contribution in [0.3, 0.4) is 0 Å². The minimum Gasteiger partial charge on any atom is -0.480 e. The van der Waals surface area contributed by atoms with Gasteiger partial charge in [-0.1, -0.05) is 34.7 Å². The van der Waals surface area contributed by atoms with Crippen molar-refractivity contribution in [3.8, 4) is 5.75 Å². The number of aliphatic hydroxyl groups excluding tert-OH is 4. The molecule has 0 saturated heterocycles. The lowest BCUT2D eigenvalue weighted by molar-refractivity contribution is -0.139. The highest BCUT2D eigenvalue weighted by molar-refractivity contribution is 14.1. The molecule has 0 amide bonds. The molecule has 25 heavy (non-hydrogen) atoms. The second kappa shape index (κ2) is 11.3. The molecular weight excluding hydrogens is 560 g/mol. The zero-order valence-corrected chi connectivity index (χ0v) is 17.5. The van der Waals surface area contributed by atoms with E-state index in [1.807, 2.05) is 22.6 Å². The van der Waals surface area contributed by atoms with Gasteiger partial charge in [0.2, 0.25) is 0 Å². The van der Waals surface area contributed by atoms with E-state index in [4.69, 9.17) is 14.9 Å². The molecule has 10 heteroatoms. The van der Waals surface area contributed by atoms with Crippen molar-refractivity contribution in [2.75, 3.05) is 24.7 Å². The molecular formula is C15H21I2NO7. The number of ether oxygens (including phenoxy) is 1. The molecule has 0 aliphatic carbocycles. The van der Waals surface area contributed by atoms with E-state index >= 15 is 0 Å². The summed E-state index contributed by atoms with van der Waals surface area (Å²) < 4.78 is 3.71. The Bertz CT molecular complexity index is 546. The van der Waals surface area contributed by atoms with Crippen LogP contribution in [0, 0.1) is 0 Å². The molecule has 8 nitrogen and oxygen atoms in total. The minimum absolute atomic E-state index is 0.216. The van der Waals surface area contributed by atoms with Gasteiger partial charge in [-0.2, -0.15) is 0 Å². The van der Waals surface area contributed by atoms with E-state index in [9.17, 15) is 20.1 Å². The van der Waals surface area contributed by atoms with Crippen molar-refractivity contribution in [3.63, 3.8) is 0 Å². The molecule has 0 bridgehead atoms. The van der Waals surface area contributed by atoms with Gasteiger partial charge in [-0.25, -0.2) is 4.79 Å². The number of aliphatic hydroxyl groups is 4. The maximum absolute atomic E-state index is 10.8. The number of rotatable bonds is 11. The fourth-order valence-corrected chi connectivity index (χ4v) is 4.19. The van der Waals surface area contributed by atoms with Crippen molar-refractivity contribution in [2.45, 2.75) is 26.8 Å². The van der Waals surface area contributed by atoms with Crippen molar-refractivity contribution < 1.29 is 35.1 Å². The predicted molar refractivity (Wildman–Crippen MR) is 108 cm³/mol. The summed E-state index contributed by atoms with van der Waals surface area (Å²) in [5.41, 5.74) is 0.518. The molecule has 5 N–H and O–H groups in total. The standard InChI is InChI=1S/C15H21I2NO7/c16-14(13(23)15(17)24)18(6-5-9(20)7-19)10-3-1-2-4-11(10)25-8-12(21)22/h1-4,9,13-15,19-20,23-24H,5-8H2,(H,21,22). The second-order valence-electron chi connectivity index (χ2n) is 5.20. The average molecular weight is 581 g/mol. The summed E-state index contributed by atoms with van der Waals surface area (Å²) in [5, 5.41) is 47.3. The summed E-state index contributed by atoms with van der Waals surface area (Å²) in [7, 11) is 0. The highest BCUT2D eigenvalue weighted by Gasteiger charge is 2.30. The van der Waals surface area contributed by atoms with Gasteiger partial charge in [-0.05, 0) is 41.1 Å². The van der Waals surface area contributed by atoms with Gasteiger partial charge in [0.1, 0.15) is 20.0 Å². The van der Waals surface area contributed by atoms with Crippen LogP contribution in [0.25, 0.3) is 0 Å². The first kappa shape index (κ1) is 22.6. The molecule has 1 aromatic rings. The predicted octanol–water partition coefficient (Wildman–Crippen LogP) is 0.575. The fraction of sp³-hybridized carbons (Fsp3) is 0.533. The smallest absolute Gasteiger partial charge is 0.341 e. The Labute approximate surface area is 172 Å². The van der Waals surface area contributed by atoms with Crippen LogP contribution in [0.1, 0.15) is 6.42 Å². The first-order chi connectivity index (χ1) is 11.8. The SMILES string of the molecule is O=C(O)COc1ccccc1N(CCC(O)CO)C(I)C(O)C(O)I. The molecule has 4 atom stereocenters. The van der Waals surface area contributed by atoms with Gasteiger partial charge in [0.15, 0.2) is 6.61 Å². The zero-order chi connectivity index (χ0) is 19.0. The van der Waals surface area contributed by atoms with Gasteiger partial charge in [0.25, 0.3) is 0 Å². The van der Waals surface area contributed by atoms with Crippen LogP contribution in [0.15, 0.2) is 24.3 Å². The van der Waals surface area contributed by atoms with Gasteiger partial charge < -0.3 is 35.2 Å². The number of alkyl halides is 2. The highest BCUT2D eigenvalue weighted by atomic mass is 127. The lowest BCUT2D eigenvalue weighted by Crippen LogP contribution is -2.45. The number of carbonyl (C=O) groups is 1. The Balaban J connectivity index is 3.11. The Morgan fingerprint density at radius 3 is 2.40 bits per heavy atom. The van der Waals surface area contributed by atoms with Gasteiger partial charge in [-0.3, -0.25) is 0 Å². The second-order valence-corrected chi connectivity index (χ2v) is 7.76. The monoisotopic (exact) mass is 581 g/mol. The summed E-state index contributed by atoms with van der Waals surface area (Å²) in [6.45, 7) is -0.662. The largest absolute Gasteiger partial charge is 0.480 e. The Kier molecular flexibility index (Phi) is 10.3. The molecule has 0 spiro atoms. The third kappa shape index (κ3) is 7.38. The van der Waals surface area contributed by atoms with Crippen molar-refractivity contribution in [1.82, 2.24) is 0 Å². The van der Waals surface area contributed by atoms with Crippen LogP contribution in [0.5, 0.6) is 5.75 Å². The van der Waals surface area contributed by atoms with E-state index in [1.165, 1.54) is 0 Å². The summed E-state index contributed by atoms with van der Waals surface area (Å²) in [5.74, 6) is -0.814. The molecule has 1 aromatic carbocycles. The highest BCUT2D eigenvalue weighted by Crippen LogP contribution is 2.33. The van der Waals surface area contributed by atoms with E-state index in [-0.39, 0.29) is 13.0 Å². The summed E-state index contributed by atoms with van der Waals surface area (Å²) in [6, 6.07) is 6.71. The topological polar surface area (TPSA) is 131 Å². The number of benzene rings is 1. The molecule has 4 unspecified atom stereocenters. The van der Waals surface area contributed by atoms with Gasteiger partial charge >= 0.3 is 5.97 Å². The van der Waals surface area contributed by atoms with Gasteiger partial charge in [0.05, 0.1) is 18.4 Å². The fourth-order valence-electron chi connectivity index (χ4n) is 2.03. The summed E-state index contributed by atoms with van der Waals surface area (Å²) in [6.07, 6.45) is -1.81. The third-order valence-electron chi connectivity index (χ3n) is 3.30. The number of halogens is 2. The zero-order valence-electron chi connectivity index (χ0n) is 13.2. The van der Waals surface area contributed by atoms with Gasteiger partial charge in [-0.15, -0.1) is 0 Å². The number of para-hydroxylation sites is 2. The van der Waals surface area contributed by atoms with Crippen molar-refractivity contribution in [2.24, 2.45) is 0 Å². The number of aliphatic carboxylic acids is 1. The average Bonchev–Trinajstić information content (AvgIpc) is 2.59. The van der Waals surface area contributed by atoms with Crippen LogP contribution in [0.4, 0.5) is 5.69 Å². The summed E-state index contributed by atoms with van der Waals surface area (Å²) >= 11 is 3.66. The quantitative estimate of drug-likeness (QED) is 0.146. The number of hydrogen-bond donors (Lipinski definition) is 5. The first-order valence-electron chi connectivity index (χ1n) is 7.41. The van der Waals surface area contributed by atoms with E-state index in [0.29, 0.717) is 11.4 Å². The molecule has 1 rings (SSSR count). The van der Waals surface area contributed by atoms with Crippen molar-refractivity contribution >= 4 is 56.8 Å². The first-order valence-corrected chi connectivity index (χ1v) is 9.90. The van der Waals surface area contributed by atoms with Gasteiger partial charge in [0, 0.05) is 6.54 Å². The number of carboxylic acid groups (broad SMARTS) is 1. The lowest BCUT2D eigenvalue weighted by atomic mass is 10.2. The van der Waals surface area contributed by atoms with Crippen LogP contribution in [-0.4, -0.2) is 71.6 Å². The molecule has 142 valence electrons. The Morgan fingerprint density at radius 1 is 1.20 bits per heavy atom. The third-order valence-corrected chi connectivity index (χ3v) is 5.45. The number of carboxylic acids is 1. The maximum Gasteiger partial charge on any atom is 0.341 e. The minimum atomic E-state index is -1.12. The Hall–Kier alpha value is -0.410.